The molecule has 0 saturated carbocycles. The molecular weight excluding hydrogens is 437 g/mol. The van der Waals surface area contributed by atoms with Crippen LogP contribution in [-0.4, -0.2) is 61.9 Å². The largest absolute Gasteiger partial charge is 0.351 e. The molecule has 0 unspecified atom stereocenters. The Balaban J connectivity index is 1.37. The Morgan fingerprint density at radius 3 is 2.48 bits per heavy atom. The first-order valence-electron chi connectivity index (χ1n) is 9.73. The van der Waals surface area contributed by atoms with E-state index in [0.717, 1.165) is 5.69 Å². The SMILES string of the molecule is O=C(c1cc(Cl)ccc1Cl)N1CCN(c2ncnc3c2nnn3-c2ccccc2)CC1. The van der Waals surface area contributed by atoms with Crippen LogP contribution < -0.4 is 4.90 Å². The number of hydrogen-bond donors (Lipinski definition) is 0. The van der Waals surface area contributed by atoms with Gasteiger partial charge in [-0.3, -0.25) is 4.79 Å². The number of halogens is 2. The van der Waals surface area contributed by atoms with Crippen LogP contribution in [0.3, 0.4) is 0 Å². The lowest BCUT2D eigenvalue weighted by molar-refractivity contribution is 0.0747. The Kier molecular flexibility index (Phi) is 5.17. The first-order chi connectivity index (χ1) is 15.1. The molecule has 2 aromatic carbocycles. The normalized spacial score (nSPS) is 14.3. The molecule has 5 rings (SSSR count). The van der Waals surface area contributed by atoms with Gasteiger partial charge in [-0.1, -0.05) is 46.6 Å². The molecule has 4 aromatic rings. The van der Waals surface area contributed by atoms with Crippen LogP contribution in [0.5, 0.6) is 0 Å². The van der Waals surface area contributed by atoms with E-state index in [-0.39, 0.29) is 5.91 Å². The van der Waals surface area contributed by atoms with Gasteiger partial charge in [0.1, 0.15) is 6.33 Å². The Bertz CT molecular complexity index is 1250. The van der Waals surface area contributed by atoms with E-state index in [1.54, 1.807) is 27.8 Å². The molecule has 8 nitrogen and oxygen atoms in total. The number of nitrogens with zero attached hydrogens (tertiary/aromatic N) is 7. The van der Waals surface area contributed by atoms with Crippen LogP contribution in [0.2, 0.25) is 10.0 Å². The van der Waals surface area contributed by atoms with Crippen molar-refractivity contribution in [1.29, 1.82) is 0 Å². The molecule has 31 heavy (non-hydrogen) atoms. The number of para-hydroxylation sites is 1. The number of piperazine rings is 1. The molecule has 0 N–H and O–H groups in total. The summed E-state index contributed by atoms with van der Waals surface area (Å²) in [6.45, 7) is 2.27. The number of carbonyl (C=O) groups is 1. The van der Waals surface area contributed by atoms with E-state index in [1.807, 2.05) is 30.3 Å². The van der Waals surface area contributed by atoms with E-state index in [2.05, 4.69) is 25.2 Å². The highest BCUT2D eigenvalue weighted by molar-refractivity contribution is 6.35. The third-order valence-corrected chi connectivity index (χ3v) is 5.81. The van der Waals surface area contributed by atoms with Crippen LogP contribution in [0.15, 0.2) is 54.9 Å². The van der Waals surface area contributed by atoms with Crippen molar-refractivity contribution >= 4 is 46.1 Å². The predicted octanol–water partition coefficient (Wildman–Crippen LogP) is 3.48. The van der Waals surface area contributed by atoms with E-state index in [9.17, 15) is 4.79 Å². The summed E-state index contributed by atoms with van der Waals surface area (Å²) in [6, 6.07) is 14.6. The second-order valence-electron chi connectivity index (χ2n) is 7.11. The van der Waals surface area contributed by atoms with Crippen molar-refractivity contribution in [3.8, 4) is 5.69 Å². The van der Waals surface area contributed by atoms with Gasteiger partial charge in [0.05, 0.1) is 16.3 Å². The lowest BCUT2D eigenvalue weighted by Gasteiger charge is -2.35. The number of hydrogen-bond acceptors (Lipinski definition) is 6. The summed E-state index contributed by atoms with van der Waals surface area (Å²) in [7, 11) is 0. The van der Waals surface area contributed by atoms with Gasteiger partial charge < -0.3 is 9.80 Å². The number of rotatable bonds is 3. The molecule has 1 aliphatic heterocycles. The summed E-state index contributed by atoms with van der Waals surface area (Å²) in [5, 5.41) is 9.47. The van der Waals surface area contributed by atoms with Gasteiger partial charge in [0, 0.05) is 31.2 Å². The van der Waals surface area contributed by atoms with Gasteiger partial charge in [-0.15, -0.1) is 5.10 Å². The standard InChI is InChI=1S/C21H17Cl2N7O/c22-14-6-7-17(23)16(12-14)21(31)29-10-8-28(9-11-29)19-18-20(25-13-24-19)30(27-26-18)15-4-2-1-3-5-15/h1-7,12-13H,8-11H2. The van der Waals surface area contributed by atoms with Crippen molar-refractivity contribution in [2.24, 2.45) is 0 Å². The molecule has 2 aromatic heterocycles. The van der Waals surface area contributed by atoms with Crippen LogP contribution in [-0.2, 0) is 0 Å². The Morgan fingerprint density at radius 2 is 1.71 bits per heavy atom. The molecule has 1 amide bonds. The van der Waals surface area contributed by atoms with Gasteiger partial charge in [-0.25, -0.2) is 9.97 Å². The fourth-order valence-corrected chi connectivity index (χ4v) is 4.03. The first-order valence-corrected chi connectivity index (χ1v) is 10.5. The summed E-state index contributed by atoms with van der Waals surface area (Å²) in [6.07, 6.45) is 1.52. The highest BCUT2D eigenvalue weighted by atomic mass is 35.5. The summed E-state index contributed by atoms with van der Waals surface area (Å²) in [5.41, 5.74) is 2.56. The quantitative estimate of drug-likeness (QED) is 0.472. The summed E-state index contributed by atoms with van der Waals surface area (Å²) < 4.78 is 1.70. The van der Waals surface area contributed by atoms with Crippen LogP contribution in [0, 0.1) is 0 Å². The zero-order valence-electron chi connectivity index (χ0n) is 16.3. The molecule has 1 aliphatic rings. The minimum absolute atomic E-state index is 0.130. The van der Waals surface area contributed by atoms with Crippen LogP contribution in [0.25, 0.3) is 16.9 Å². The maximum atomic E-state index is 12.9. The second-order valence-corrected chi connectivity index (χ2v) is 7.95. The van der Waals surface area contributed by atoms with Crippen LogP contribution in [0.4, 0.5) is 5.82 Å². The Morgan fingerprint density at radius 1 is 0.935 bits per heavy atom. The first kappa shape index (κ1) is 19.7. The summed E-state index contributed by atoms with van der Waals surface area (Å²) >= 11 is 12.2. The summed E-state index contributed by atoms with van der Waals surface area (Å²) in [4.78, 5) is 25.6. The maximum Gasteiger partial charge on any atom is 0.255 e. The van der Waals surface area contributed by atoms with Gasteiger partial charge in [0.25, 0.3) is 5.91 Å². The highest BCUT2D eigenvalue weighted by Gasteiger charge is 2.26. The number of amides is 1. The van der Waals surface area contributed by atoms with E-state index in [4.69, 9.17) is 23.2 Å². The molecule has 0 aliphatic carbocycles. The van der Waals surface area contributed by atoms with Crippen molar-refractivity contribution in [1.82, 2.24) is 29.9 Å². The maximum absolute atomic E-state index is 12.9. The van der Waals surface area contributed by atoms with Crippen molar-refractivity contribution in [2.75, 3.05) is 31.1 Å². The monoisotopic (exact) mass is 453 g/mol. The average Bonchev–Trinajstić information content (AvgIpc) is 3.25. The molecule has 0 bridgehead atoms. The molecule has 3 heterocycles. The van der Waals surface area contributed by atoms with Crippen molar-refractivity contribution in [3.05, 3.63) is 70.5 Å². The fraction of sp³-hybridized carbons (Fsp3) is 0.190. The smallest absolute Gasteiger partial charge is 0.255 e. The number of fused-ring (bicyclic) bond motifs is 1. The molecule has 156 valence electrons. The van der Waals surface area contributed by atoms with Gasteiger partial charge >= 0.3 is 0 Å². The minimum Gasteiger partial charge on any atom is -0.351 e. The van der Waals surface area contributed by atoms with Gasteiger partial charge in [-0.05, 0) is 30.3 Å². The van der Waals surface area contributed by atoms with Crippen LogP contribution in [0.1, 0.15) is 10.4 Å². The number of benzene rings is 2. The molecular formula is C21H17Cl2N7O. The fourth-order valence-electron chi connectivity index (χ4n) is 3.66. The second kappa shape index (κ2) is 8.13. The predicted molar refractivity (Wildman–Crippen MR) is 119 cm³/mol. The number of anilines is 1. The third-order valence-electron chi connectivity index (χ3n) is 5.24. The lowest BCUT2D eigenvalue weighted by Crippen LogP contribution is -2.49. The van der Waals surface area contributed by atoms with E-state index in [1.165, 1.54) is 6.33 Å². The third kappa shape index (κ3) is 3.68. The average molecular weight is 454 g/mol. The Hall–Kier alpha value is -3.23. The molecule has 0 radical (unpaired) electrons. The van der Waals surface area contributed by atoms with Crippen LogP contribution >= 0.6 is 23.2 Å². The molecule has 10 heteroatoms. The van der Waals surface area contributed by atoms with E-state index >= 15 is 0 Å². The van der Waals surface area contributed by atoms with Crippen molar-refractivity contribution in [2.45, 2.75) is 0 Å². The molecule has 0 spiro atoms. The topological polar surface area (TPSA) is 80.0 Å². The minimum atomic E-state index is -0.130. The van der Waals surface area contributed by atoms with Gasteiger partial charge in [0.2, 0.25) is 0 Å². The number of carbonyl (C=O) groups excluding carboxylic acids is 1. The van der Waals surface area contributed by atoms with Gasteiger partial charge in [-0.2, -0.15) is 4.68 Å². The van der Waals surface area contributed by atoms with Gasteiger partial charge in [0.15, 0.2) is 17.0 Å². The Labute approximate surface area is 188 Å². The lowest BCUT2D eigenvalue weighted by atomic mass is 10.1. The molecule has 1 fully saturated rings. The molecule has 1 saturated heterocycles. The summed E-state index contributed by atoms with van der Waals surface area (Å²) in [5.74, 6) is 0.579. The number of aromatic nitrogens is 5. The van der Waals surface area contributed by atoms with E-state index < -0.39 is 0 Å². The highest BCUT2D eigenvalue weighted by Crippen LogP contribution is 2.25. The zero-order chi connectivity index (χ0) is 21.4. The van der Waals surface area contributed by atoms with Crippen molar-refractivity contribution < 1.29 is 4.79 Å². The van der Waals surface area contributed by atoms with E-state index in [0.29, 0.717) is 58.8 Å². The molecule has 0 atom stereocenters. The zero-order valence-corrected chi connectivity index (χ0v) is 17.8. The van der Waals surface area contributed by atoms with Crippen molar-refractivity contribution in [3.63, 3.8) is 0 Å².